The van der Waals surface area contributed by atoms with Crippen molar-refractivity contribution in [1.82, 2.24) is 4.98 Å². The number of aliphatic hydroxyl groups excluding tert-OH is 1. The molecule has 0 aliphatic carbocycles. The molecule has 0 spiro atoms. The molecule has 2 heterocycles. The minimum absolute atomic E-state index is 0.187. The zero-order valence-corrected chi connectivity index (χ0v) is 8.27. The fourth-order valence-electron chi connectivity index (χ4n) is 1.12. The molecule has 2 aromatic heterocycles. The van der Waals surface area contributed by atoms with Gasteiger partial charge in [-0.15, -0.1) is 11.3 Å². The van der Waals surface area contributed by atoms with E-state index in [9.17, 15) is 9.90 Å². The Hall–Kier alpha value is -1.66. The summed E-state index contributed by atoms with van der Waals surface area (Å²) in [7, 11) is 0. The summed E-state index contributed by atoms with van der Waals surface area (Å²) in [4.78, 5) is 15.0. The topological polar surface area (TPSA) is 83.6 Å². The van der Waals surface area contributed by atoms with E-state index in [1.807, 2.05) is 0 Å². The summed E-state index contributed by atoms with van der Waals surface area (Å²) < 4.78 is 4.96. The molecule has 0 saturated carbocycles. The summed E-state index contributed by atoms with van der Waals surface area (Å²) in [6.07, 6.45) is 0.559. The van der Waals surface area contributed by atoms with E-state index < -0.39 is 12.1 Å². The number of aliphatic hydroxyl groups is 1. The number of thiazole rings is 1. The molecule has 15 heavy (non-hydrogen) atoms. The smallest absolute Gasteiger partial charge is 0.371 e. The Morgan fingerprint density at radius 2 is 2.33 bits per heavy atom. The van der Waals surface area contributed by atoms with Crippen LogP contribution in [0.25, 0.3) is 0 Å². The van der Waals surface area contributed by atoms with Crippen molar-refractivity contribution in [1.29, 1.82) is 0 Å². The first-order valence-electron chi connectivity index (χ1n) is 4.08. The Balaban J connectivity index is 2.26. The van der Waals surface area contributed by atoms with Crippen LogP contribution < -0.4 is 0 Å². The second-order valence-corrected chi connectivity index (χ2v) is 3.73. The zero-order valence-electron chi connectivity index (χ0n) is 7.45. The highest BCUT2D eigenvalue weighted by Gasteiger charge is 2.18. The van der Waals surface area contributed by atoms with Crippen molar-refractivity contribution in [2.24, 2.45) is 0 Å². The SMILES string of the molecule is O=C(O)c1ccc(C(O)c2cncs2)o1. The number of hydrogen-bond acceptors (Lipinski definition) is 5. The Morgan fingerprint density at radius 3 is 2.87 bits per heavy atom. The molecule has 0 amide bonds. The largest absolute Gasteiger partial charge is 0.475 e. The van der Waals surface area contributed by atoms with Gasteiger partial charge in [0.05, 0.1) is 10.4 Å². The van der Waals surface area contributed by atoms with E-state index in [4.69, 9.17) is 9.52 Å². The summed E-state index contributed by atoms with van der Waals surface area (Å²) in [6, 6.07) is 2.75. The van der Waals surface area contributed by atoms with Gasteiger partial charge in [-0.3, -0.25) is 4.98 Å². The van der Waals surface area contributed by atoms with Gasteiger partial charge in [0.25, 0.3) is 0 Å². The fraction of sp³-hybridized carbons (Fsp3) is 0.111. The second kappa shape index (κ2) is 3.84. The molecule has 2 N–H and O–H groups in total. The minimum atomic E-state index is -1.15. The molecular formula is C9H7NO4S. The van der Waals surface area contributed by atoms with Gasteiger partial charge in [0.15, 0.2) is 0 Å². The molecule has 1 atom stereocenters. The molecule has 0 aliphatic rings. The number of furan rings is 1. The minimum Gasteiger partial charge on any atom is -0.475 e. The Bertz CT molecular complexity index is 462. The van der Waals surface area contributed by atoms with Gasteiger partial charge in [0.1, 0.15) is 11.9 Å². The molecular weight excluding hydrogens is 218 g/mol. The lowest BCUT2D eigenvalue weighted by molar-refractivity contribution is 0.0655. The van der Waals surface area contributed by atoms with Gasteiger partial charge in [-0.2, -0.15) is 0 Å². The Labute approximate surface area is 88.6 Å². The second-order valence-electron chi connectivity index (χ2n) is 2.81. The van der Waals surface area contributed by atoms with E-state index in [1.54, 1.807) is 5.51 Å². The first kappa shape index (κ1) is 9.88. The third-order valence-corrected chi connectivity index (χ3v) is 2.66. The van der Waals surface area contributed by atoms with E-state index in [1.165, 1.54) is 29.7 Å². The number of carbonyl (C=O) groups is 1. The van der Waals surface area contributed by atoms with Gasteiger partial charge in [-0.25, -0.2) is 4.79 Å². The van der Waals surface area contributed by atoms with Crippen LogP contribution in [0.2, 0.25) is 0 Å². The number of carboxylic acid groups (broad SMARTS) is 1. The number of rotatable bonds is 3. The highest BCUT2D eigenvalue weighted by Crippen LogP contribution is 2.26. The monoisotopic (exact) mass is 225 g/mol. The highest BCUT2D eigenvalue weighted by atomic mass is 32.1. The van der Waals surface area contributed by atoms with Crippen molar-refractivity contribution in [2.75, 3.05) is 0 Å². The molecule has 78 valence electrons. The molecule has 2 aromatic rings. The average Bonchev–Trinajstić information content (AvgIpc) is 2.88. The highest BCUT2D eigenvalue weighted by molar-refractivity contribution is 7.09. The first-order valence-corrected chi connectivity index (χ1v) is 4.96. The van der Waals surface area contributed by atoms with Crippen LogP contribution >= 0.6 is 11.3 Å². The molecule has 5 nitrogen and oxygen atoms in total. The van der Waals surface area contributed by atoms with E-state index in [-0.39, 0.29) is 11.5 Å². The van der Waals surface area contributed by atoms with E-state index in [2.05, 4.69) is 4.98 Å². The number of aromatic nitrogens is 1. The number of hydrogen-bond donors (Lipinski definition) is 2. The van der Waals surface area contributed by atoms with Crippen molar-refractivity contribution in [3.05, 3.63) is 40.2 Å². The summed E-state index contributed by atoms with van der Waals surface area (Å²) in [5.41, 5.74) is 1.58. The predicted molar refractivity (Wildman–Crippen MR) is 51.8 cm³/mol. The number of aromatic carboxylic acids is 1. The molecule has 0 bridgehead atoms. The lowest BCUT2D eigenvalue weighted by Gasteiger charge is -2.02. The quantitative estimate of drug-likeness (QED) is 0.827. The van der Waals surface area contributed by atoms with Crippen LogP contribution in [0.1, 0.15) is 27.3 Å². The van der Waals surface area contributed by atoms with Crippen LogP contribution in [0.5, 0.6) is 0 Å². The normalized spacial score (nSPS) is 12.6. The molecule has 6 heteroatoms. The molecule has 0 aromatic carbocycles. The third kappa shape index (κ3) is 1.90. The van der Waals surface area contributed by atoms with Gasteiger partial charge < -0.3 is 14.6 Å². The predicted octanol–water partition coefficient (Wildman–Crippen LogP) is 1.52. The standard InChI is InChI=1S/C9H7NO4S/c11-8(7-3-10-4-15-7)5-1-2-6(14-5)9(12)13/h1-4,8,11H,(H,12,13). The van der Waals surface area contributed by atoms with Crippen molar-refractivity contribution in [3.63, 3.8) is 0 Å². The van der Waals surface area contributed by atoms with Crippen LogP contribution in [0, 0.1) is 0 Å². The Morgan fingerprint density at radius 1 is 1.53 bits per heavy atom. The van der Waals surface area contributed by atoms with Crippen LogP contribution in [-0.4, -0.2) is 21.2 Å². The average molecular weight is 225 g/mol. The van der Waals surface area contributed by atoms with E-state index >= 15 is 0 Å². The lowest BCUT2D eigenvalue weighted by atomic mass is 10.2. The van der Waals surface area contributed by atoms with Crippen molar-refractivity contribution in [3.8, 4) is 0 Å². The van der Waals surface area contributed by atoms with Gasteiger partial charge >= 0.3 is 5.97 Å². The summed E-state index contributed by atoms with van der Waals surface area (Å²) in [5, 5.41) is 18.4. The maximum absolute atomic E-state index is 10.5. The summed E-state index contributed by atoms with van der Waals surface area (Å²) in [6.45, 7) is 0. The maximum Gasteiger partial charge on any atom is 0.371 e. The van der Waals surface area contributed by atoms with Crippen LogP contribution in [-0.2, 0) is 0 Å². The van der Waals surface area contributed by atoms with Crippen LogP contribution in [0.3, 0.4) is 0 Å². The molecule has 1 unspecified atom stereocenters. The van der Waals surface area contributed by atoms with Gasteiger partial charge in [-0.1, -0.05) is 0 Å². The number of nitrogens with zero attached hydrogens (tertiary/aromatic N) is 1. The Kier molecular flexibility index (Phi) is 2.53. The summed E-state index contributed by atoms with van der Waals surface area (Å²) >= 11 is 1.27. The van der Waals surface area contributed by atoms with Crippen molar-refractivity contribution in [2.45, 2.75) is 6.10 Å². The summed E-state index contributed by atoms with van der Waals surface area (Å²) in [5.74, 6) is -1.14. The third-order valence-electron chi connectivity index (χ3n) is 1.83. The fourth-order valence-corrected chi connectivity index (χ4v) is 1.73. The van der Waals surface area contributed by atoms with Crippen molar-refractivity contribution < 1.29 is 19.4 Å². The molecule has 0 saturated heterocycles. The molecule has 2 rings (SSSR count). The van der Waals surface area contributed by atoms with Gasteiger partial charge in [0.2, 0.25) is 5.76 Å². The van der Waals surface area contributed by atoms with Crippen LogP contribution in [0.15, 0.2) is 28.3 Å². The van der Waals surface area contributed by atoms with E-state index in [0.29, 0.717) is 4.88 Å². The van der Waals surface area contributed by atoms with Gasteiger partial charge in [0, 0.05) is 6.20 Å². The molecule has 0 radical (unpaired) electrons. The number of carboxylic acids is 1. The first-order chi connectivity index (χ1) is 7.18. The van der Waals surface area contributed by atoms with Gasteiger partial charge in [-0.05, 0) is 12.1 Å². The maximum atomic E-state index is 10.5. The van der Waals surface area contributed by atoms with Crippen molar-refractivity contribution >= 4 is 17.3 Å². The molecule has 0 aliphatic heterocycles. The van der Waals surface area contributed by atoms with E-state index in [0.717, 1.165) is 0 Å². The zero-order chi connectivity index (χ0) is 10.8. The lowest BCUT2D eigenvalue weighted by Crippen LogP contribution is -1.96. The molecule has 0 fully saturated rings. The van der Waals surface area contributed by atoms with Crippen LogP contribution in [0.4, 0.5) is 0 Å².